The predicted octanol–water partition coefficient (Wildman–Crippen LogP) is 1.90. The second-order valence-electron chi connectivity index (χ2n) is 4.20. The van der Waals surface area contributed by atoms with Crippen LogP contribution in [0.2, 0.25) is 0 Å². The maximum Gasteiger partial charge on any atom is 0.305 e. The minimum Gasteiger partial charge on any atom is -0.334 e. The molecule has 1 N–H and O–H groups in total. The van der Waals surface area contributed by atoms with Crippen LogP contribution in [0, 0.1) is 33.1 Å². The second kappa shape index (κ2) is 4.97. The fourth-order valence-corrected chi connectivity index (χ4v) is 1.26. The van der Waals surface area contributed by atoms with Crippen LogP contribution in [-0.2, 0) is 0 Å². The monoisotopic (exact) mass is 269 g/mol. The van der Waals surface area contributed by atoms with Gasteiger partial charge in [-0.25, -0.2) is 4.39 Å². The smallest absolute Gasteiger partial charge is 0.305 e. The Kier molecular flexibility index (Phi) is 3.80. The predicted molar refractivity (Wildman–Crippen MR) is 60.2 cm³/mol. The minimum absolute atomic E-state index is 0.621. The van der Waals surface area contributed by atoms with Gasteiger partial charge in [-0.05, 0) is 19.9 Å². The van der Waals surface area contributed by atoms with E-state index in [0.717, 1.165) is 0 Å². The third-order valence-corrected chi connectivity index (χ3v) is 2.20. The minimum atomic E-state index is -1.57. The van der Waals surface area contributed by atoms with Gasteiger partial charge >= 0.3 is 5.69 Å². The molecule has 0 aliphatic carbocycles. The van der Waals surface area contributed by atoms with Gasteiger partial charge in [-0.2, -0.15) is 9.65 Å². The van der Waals surface area contributed by atoms with E-state index in [2.05, 4.69) is 5.32 Å². The third kappa shape index (κ3) is 3.01. The van der Waals surface area contributed by atoms with E-state index in [9.17, 15) is 23.7 Å². The SMILES string of the molecule is CC(C)(C#N)NC(=O)c1c(F)ccc([N+](=O)[O-])c1F. The molecule has 0 saturated heterocycles. The highest BCUT2D eigenvalue weighted by molar-refractivity contribution is 5.96. The Balaban J connectivity index is 3.28. The van der Waals surface area contributed by atoms with E-state index in [4.69, 9.17) is 5.26 Å². The molecule has 0 aliphatic heterocycles. The van der Waals surface area contributed by atoms with Gasteiger partial charge in [-0.15, -0.1) is 0 Å². The Labute approximate surface area is 106 Å². The van der Waals surface area contributed by atoms with Crippen molar-refractivity contribution in [3.63, 3.8) is 0 Å². The summed E-state index contributed by atoms with van der Waals surface area (Å²) in [6, 6.07) is 2.95. The molecule has 19 heavy (non-hydrogen) atoms. The van der Waals surface area contributed by atoms with Crippen LogP contribution >= 0.6 is 0 Å². The topological polar surface area (TPSA) is 96.0 Å². The molecular formula is C11H9F2N3O3. The van der Waals surface area contributed by atoms with Crippen LogP contribution in [0.3, 0.4) is 0 Å². The van der Waals surface area contributed by atoms with Crippen molar-refractivity contribution in [3.8, 4) is 6.07 Å². The number of carbonyl (C=O) groups excluding carboxylic acids is 1. The number of hydrogen-bond donors (Lipinski definition) is 1. The molecule has 0 aromatic heterocycles. The number of nitrogens with zero attached hydrogens (tertiary/aromatic N) is 2. The summed E-state index contributed by atoms with van der Waals surface area (Å²) in [5.41, 5.74) is -3.46. The standard InChI is InChI=1S/C11H9F2N3O3/c1-11(2,5-14)15-10(17)8-6(12)3-4-7(9(8)13)16(18)19/h3-4H,1-2H3,(H,15,17). The zero-order valence-corrected chi connectivity index (χ0v) is 10.0. The second-order valence-corrected chi connectivity index (χ2v) is 4.20. The molecule has 0 unspecified atom stereocenters. The molecule has 8 heteroatoms. The largest absolute Gasteiger partial charge is 0.334 e. The van der Waals surface area contributed by atoms with Gasteiger partial charge in [-0.1, -0.05) is 0 Å². The molecular weight excluding hydrogens is 260 g/mol. The summed E-state index contributed by atoms with van der Waals surface area (Å²) in [7, 11) is 0. The number of nitro groups is 1. The summed E-state index contributed by atoms with van der Waals surface area (Å²) >= 11 is 0. The normalized spacial score (nSPS) is 10.7. The van der Waals surface area contributed by atoms with Crippen LogP contribution in [0.5, 0.6) is 0 Å². The fraction of sp³-hybridized carbons (Fsp3) is 0.273. The summed E-state index contributed by atoms with van der Waals surface area (Å²) in [5.74, 6) is -4.05. The number of nitro benzene ring substituents is 1. The van der Waals surface area contributed by atoms with Crippen molar-refractivity contribution in [2.24, 2.45) is 0 Å². The third-order valence-electron chi connectivity index (χ3n) is 2.20. The van der Waals surface area contributed by atoms with Gasteiger partial charge in [0.25, 0.3) is 5.91 Å². The molecule has 0 radical (unpaired) electrons. The Hall–Kier alpha value is -2.56. The van der Waals surface area contributed by atoms with Gasteiger partial charge in [0.1, 0.15) is 16.9 Å². The molecule has 1 amide bonds. The first-order valence-corrected chi connectivity index (χ1v) is 5.06. The number of benzene rings is 1. The van der Waals surface area contributed by atoms with Gasteiger partial charge in [0.05, 0.1) is 11.0 Å². The molecule has 6 nitrogen and oxygen atoms in total. The number of hydrogen-bond acceptors (Lipinski definition) is 4. The van der Waals surface area contributed by atoms with E-state index >= 15 is 0 Å². The number of carbonyl (C=O) groups is 1. The Bertz CT molecular complexity index is 594. The lowest BCUT2D eigenvalue weighted by atomic mass is 10.1. The van der Waals surface area contributed by atoms with E-state index in [-0.39, 0.29) is 0 Å². The summed E-state index contributed by atoms with van der Waals surface area (Å²) < 4.78 is 27.1. The molecule has 100 valence electrons. The fourth-order valence-electron chi connectivity index (χ4n) is 1.26. The average Bonchev–Trinajstić information content (AvgIpc) is 2.27. The first-order chi connectivity index (χ1) is 8.69. The number of nitriles is 1. The number of nitrogens with one attached hydrogen (secondary N) is 1. The molecule has 0 aliphatic rings. The summed E-state index contributed by atoms with van der Waals surface area (Å²) in [6.45, 7) is 2.64. The summed E-state index contributed by atoms with van der Waals surface area (Å²) in [4.78, 5) is 21.1. The van der Waals surface area contributed by atoms with Crippen LogP contribution in [0.15, 0.2) is 12.1 Å². The lowest BCUT2D eigenvalue weighted by molar-refractivity contribution is -0.387. The maximum atomic E-state index is 13.7. The van der Waals surface area contributed by atoms with Crippen LogP contribution in [-0.4, -0.2) is 16.4 Å². The lowest BCUT2D eigenvalue weighted by Crippen LogP contribution is -2.42. The van der Waals surface area contributed by atoms with Crippen molar-refractivity contribution in [2.75, 3.05) is 0 Å². The van der Waals surface area contributed by atoms with Crippen molar-refractivity contribution in [1.29, 1.82) is 5.26 Å². The van der Waals surface area contributed by atoms with Crippen molar-refractivity contribution in [2.45, 2.75) is 19.4 Å². The average molecular weight is 269 g/mol. The summed E-state index contributed by atoms with van der Waals surface area (Å²) in [6.07, 6.45) is 0. The highest BCUT2D eigenvalue weighted by Gasteiger charge is 2.29. The molecule has 0 bridgehead atoms. The molecule has 1 aromatic rings. The van der Waals surface area contributed by atoms with Crippen LogP contribution < -0.4 is 5.32 Å². The quantitative estimate of drug-likeness (QED) is 0.669. The van der Waals surface area contributed by atoms with Crippen LogP contribution in [0.4, 0.5) is 14.5 Å². The first kappa shape index (κ1) is 14.5. The van der Waals surface area contributed by atoms with Gasteiger partial charge in [0.2, 0.25) is 5.82 Å². The van der Waals surface area contributed by atoms with Crippen molar-refractivity contribution >= 4 is 11.6 Å². The molecule has 1 rings (SSSR count). The van der Waals surface area contributed by atoms with Crippen molar-refractivity contribution in [3.05, 3.63) is 39.4 Å². The Morgan fingerprint density at radius 1 is 1.47 bits per heavy atom. The van der Waals surface area contributed by atoms with Gasteiger partial charge in [0, 0.05) is 6.07 Å². The van der Waals surface area contributed by atoms with Gasteiger partial charge in [-0.3, -0.25) is 14.9 Å². The van der Waals surface area contributed by atoms with Crippen molar-refractivity contribution < 1.29 is 18.5 Å². The molecule has 0 atom stereocenters. The molecule has 0 fully saturated rings. The first-order valence-electron chi connectivity index (χ1n) is 5.06. The zero-order valence-electron chi connectivity index (χ0n) is 10.0. The maximum absolute atomic E-state index is 13.7. The number of halogens is 2. The van der Waals surface area contributed by atoms with Gasteiger partial charge < -0.3 is 5.32 Å². The summed E-state index contributed by atoms with van der Waals surface area (Å²) in [5, 5.41) is 21.3. The zero-order chi connectivity index (χ0) is 14.8. The van der Waals surface area contributed by atoms with E-state index in [1.165, 1.54) is 13.8 Å². The van der Waals surface area contributed by atoms with E-state index in [1.807, 2.05) is 0 Å². The molecule has 0 saturated carbocycles. The highest BCUT2D eigenvalue weighted by Crippen LogP contribution is 2.23. The molecule has 0 heterocycles. The van der Waals surface area contributed by atoms with Crippen molar-refractivity contribution in [1.82, 2.24) is 5.32 Å². The van der Waals surface area contributed by atoms with E-state index in [0.29, 0.717) is 12.1 Å². The Morgan fingerprint density at radius 2 is 2.05 bits per heavy atom. The molecule has 0 spiro atoms. The van der Waals surface area contributed by atoms with Gasteiger partial charge in [0.15, 0.2) is 0 Å². The number of amides is 1. The lowest BCUT2D eigenvalue weighted by Gasteiger charge is -2.17. The number of rotatable bonds is 3. The van der Waals surface area contributed by atoms with E-state index < -0.39 is 39.3 Å². The van der Waals surface area contributed by atoms with Crippen LogP contribution in [0.1, 0.15) is 24.2 Å². The Morgan fingerprint density at radius 3 is 2.53 bits per heavy atom. The highest BCUT2D eigenvalue weighted by atomic mass is 19.1. The van der Waals surface area contributed by atoms with E-state index in [1.54, 1.807) is 6.07 Å². The molecule has 1 aromatic carbocycles. The van der Waals surface area contributed by atoms with Crippen LogP contribution in [0.25, 0.3) is 0 Å².